The Morgan fingerprint density at radius 2 is 2.12 bits per heavy atom. The van der Waals surface area contributed by atoms with Crippen molar-refractivity contribution in [3.63, 3.8) is 0 Å². The van der Waals surface area contributed by atoms with Crippen LogP contribution in [0.25, 0.3) is 11.0 Å². The van der Waals surface area contributed by atoms with Gasteiger partial charge in [0.2, 0.25) is 0 Å². The summed E-state index contributed by atoms with van der Waals surface area (Å²) < 4.78 is 0. The van der Waals surface area contributed by atoms with E-state index in [1.165, 1.54) is 0 Å². The number of fused-ring (bicyclic) bond motifs is 1. The number of nitrogens with zero attached hydrogens (tertiary/aromatic N) is 4. The van der Waals surface area contributed by atoms with E-state index in [1.54, 1.807) is 0 Å². The zero-order valence-corrected chi connectivity index (χ0v) is 13.4. The van der Waals surface area contributed by atoms with Crippen molar-refractivity contribution in [3.8, 4) is 0 Å². The summed E-state index contributed by atoms with van der Waals surface area (Å²) in [5, 5.41) is 10.7. The van der Waals surface area contributed by atoms with Crippen LogP contribution in [0.4, 0.5) is 0 Å². The number of carbonyl (C=O) groups excluding carboxylic acids is 1. The first-order valence-corrected chi connectivity index (χ1v) is 8.29. The summed E-state index contributed by atoms with van der Waals surface area (Å²) >= 11 is 0. The monoisotopic (exact) mass is 321 g/mol. The molecule has 1 amide bonds. The van der Waals surface area contributed by atoms with Gasteiger partial charge in [0.05, 0.1) is 0 Å². The smallest absolute Gasteiger partial charge is 0.253 e. The average molecular weight is 321 g/mol. The highest BCUT2D eigenvalue weighted by Crippen LogP contribution is 2.22. The molecule has 1 aliphatic heterocycles. The number of aromatic nitrogens is 4. The number of hydrogen-bond acceptors (Lipinski definition) is 4. The molecule has 0 saturated carbocycles. The van der Waals surface area contributed by atoms with Crippen LogP contribution in [-0.2, 0) is 6.42 Å². The standard InChI is InChI=1S/C18H19N5O/c24-18(14-6-7-16-17(11-14)21-22-20-16)23-9-3-4-13(12-23)10-15-5-1-2-8-19-15/h1-2,5-8,11,13H,3-4,9-10,12H2,(H,20,21,22). The summed E-state index contributed by atoms with van der Waals surface area (Å²) in [5.74, 6) is 0.541. The number of pyridine rings is 1. The molecule has 0 radical (unpaired) electrons. The lowest BCUT2D eigenvalue weighted by atomic mass is 9.92. The molecule has 6 heteroatoms. The molecule has 122 valence electrons. The fourth-order valence-electron chi connectivity index (χ4n) is 3.39. The molecule has 4 rings (SSSR count). The van der Waals surface area contributed by atoms with Crippen LogP contribution < -0.4 is 0 Å². The third-order valence-corrected chi connectivity index (χ3v) is 4.59. The summed E-state index contributed by atoms with van der Waals surface area (Å²) in [6.45, 7) is 1.60. The van der Waals surface area contributed by atoms with Crippen LogP contribution in [-0.4, -0.2) is 44.3 Å². The second-order valence-corrected chi connectivity index (χ2v) is 6.31. The second kappa shape index (κ2) is 6.39. The molecule has 1 aliphatic rings. The van der Waals surface area contributed by atoms with Crippen molar-refractivity contribution < 1.29 is 4.79 Å². The molecule has 6 nitrogen and oxygen atoms in total. The van der Waals surface area contributed by atoms with E-state index in [-0.39, 0.29) is 5.91 Å². The number of amides is 1. The molecule has 3 aromatic rings. The average Bonchev–Trinajstić information content (AvgIpc) is 3.10. The number of piperidine rings is 1. The Morgan fingerprint density at radius 1 is 1.21 bits per heavy atom. The number of aromatic amines is 1. The van der Waals surface area contributed by atoms with E-state index in [0.717, 1.165) is 49.1 Å². The van der Waals surface area contributed by atoms with Crippen molar-refractivity contribution >= 4 is 16.9 Å². The van der Waals surface area contributed by atoms with E-state index in [9.17, 15) is 4.79 Å². The maximum atomic E-state index is 12.8. The predicted molar refractivity (Wildman–Crippen MR) is 90.5 cm³/mol. The van der Waals surface area contributed by atoms with E-state index in [1.807, 2.05) is 41.4 Å². The van der Waals surface area contributed by atoms with Gasteiger partial charge in [0.1, 0.15) is 11.0 Å². The van der Waals surface area contributed by atoms with Crippen molar-refractivity contribution in [2.45, 2.75) is 19.3 Å². The lowest BCUT2D eigenvalue weighted by Gasteiger charge is -2.32. The third kappa shape index (κ3) is 2.99. The number of hydrogen-bond donors (Lipinski definition) is 1. The van der Waals surface area contributed by atoms with Gasteiger partial charge in [-0.25, -0.2) is 0 Å². The molecule has 1 N–H and O–H groups in total. The van der Waals surface area contributed by atoms with Crippen LogP contribution in [0.2, 0.25) is 0 Å². The van der Waals surface area contributed by atoms with E-state index in [4.69, 9.17) is 0 Å². The van der Waals surface area contributed by atoms with Crippen LogP contribution in [0.15, 0.2) is 42.6 Å². The maximum Gasteiger partial charge on any atom is 0.253 e. The first-order valence-electron chi connectivity index (χ1n) is 8.29. The first kappa shape index (κ1) is 14.8. The number of H-pyrrole nitrogens is 1. The molecule has 1 aromatic carbocycles. The number of benzene rings is 1. The number of nitrogens with one attached hydrogen (secondary N) is 1. The van der Waals surface area contributed by atoms with E-state index in [0.29, 0.717) is 11.5 Å². The molecule has 3 heterocycles. The molecule has 24 heavy (non-hydrogen) atoms. The van der Waals surface area contributed by atoms with E-state index < -0.39 is 0 Å². The van der Waals surface area contributed by atoms with Crippen molar-refractivity contribution in [1.29, 1.82) is 0 Å². The molecular formula is C18H19N5O. The van der Waals surface area contributed by atoms with Gasteiger partial charge in [-0.15, -0.1) is 0 Å². The quantitative estimate of drug-likeness (QED) is 0.804. The van der Waals surface area contributed by atoms with E-state index >= 15 is 0 Å². The van der Waals surface area contributed by atoms with Gasteiger partial charge < -0.3 is 4.90 Å². The molecule has 0 spiro atoms. The molecule has 2 aromatic heterocycles. The highest BCUT2D eigenvalue weighted by Gasteiger charge is 2.25. The van der Waals surface area contributed by atoms with Gasteiger partial charge in [0.15, 0.2) is 0 Å². The number of rotatable bonds is 3. The fourth-order valence-corrected chi connectivity index (χ4v) is 3.39. The Morgan fingerprint density at radius 3 is 3.00 bits per heavy atom. The zero-order valence-electron chi connectivity index (χ0n) is 13.4. The van der Waals surface area contributed by atoms with E-state index in [2.05, 4.69) is 26.5 Å². The van der Waals surface area contributed by atoms with Gasteiger partial charge in [-0.05, 0) is 55.5 Å². The van der Waals surface area contributed by atoms with Gasteiger partial charge in [-0.1, -0.05) is 6.07 Å². The predicted octanol–water partition coefficient (Wildman–Crippen LogP) is 2.45. The largest absolute Gasteiger partial charge is 0.338 e. The van der Waals surface area contributed by atoms with Crippen LogP contribution in [0, 0.1) is 5.92 Å². The van der Waals surface area contributed by atoms with Crippen molar-refractivity contribution in [1.82, 2.24) is 25.3 Å². The summed E-state index contributed by atoms with van der Waals surface area (Å²) in [7, 11) is 0. The normalized spacial score (nSPS) is 18.0. The topological polar surface area (TPSA) is 74.8 Å². The Bertz CT molecular complexity index is 845. The molecular weight excluding hydrogens is 302 g/mol. The SMILES string of the molecule is O=C(c1ccc2n[nH]nc2c1)N1CCCC(Cc2ccccn2)C1. The molecule has 1 saturated heterocycles. The third-order valence-electron chi connectivity index (χ3n) is 4.59. The molecule has 1 fully saturated rings. The highest BCUT2D eigenvalue weighted by atomic mass is 16.2. The molecule has 0 aliphatic carbocycles. The summed E-state index contributed by atoms with van der Waals surface area (Å²) in [5.41, 5.74) is 3.27. The van der Waals surface area contributed by atoms with Gasteiger partial charge in [-0.2, -0.15) is 15.4 Å². The lowest BCUT2D eigenvalue weighted by Crippen LogP contribution is -2.40. The van der Waals surface area contributed by atoms with Gasteiger partial charge in [-0.3, -0.25) is 9.78 Å². The zero-order chi connectivity index (χ0) is 16.4. The first-order chi connectivity index (χ1) is 11.8. The Balaban J connectivity index is 1.47. The fraction of sp³-hybridized carbons (Fsp3) is 0.333. The Labute approximate surface area is 139 Å². The molecule has 0 bridgehead atoms. The minimum Gasteiger partial charge on any atom is -0.338 e. The van der Waals surface area contributed by atoms with Crippen LogP contribution >= 0.6 is 0 Å². The van der Waals surface area contributed by atoms with Gasteiger partial charge in [0.25, 0.3) is 5.91 Å². The van der Waals surface area contributed by atoms with Crippen LogP contribution in [0.3, 0.4) is 0 Å². The summed E-state index contributed by atoms with van der Waals surface area (Å²) in [4.78, 5) is 19.2. The summed E-state index contributed by atoms with van der Waals surface area (Å²) in [6, 6.07) is 11.5. The van der Waals surface area contributed by atoms with Crippen molar-refractivity contribution in [2.24, 2.45) is 5.92 Å². The Kier molecular flexibility index (Phi) is 3.94. The number of carbonyl (C=O) groups is 1. The lowest BCUT2D eigenvalue weighted by molar-refractivity contribution is 0.0673. The number of likely N-dealkylation sites (tertiary alicyclic amines) is 1. The van der Waals surface area contributed by atoms with Gasteiger partial charge >= 0.3 is 0 Å². The Hall–Kier alpha value is -2.76. The van der Waals surface area contributed by atoms with Crippen LogP contribution in [0.1, 0.15) is 28.9 Å². The minimum atomic E-state index is 0.0746. The minimum absolute atomic E-state index is 0.0746. The van der Waals surface area contributed by atoms with Gasteiger partial charge in [0, 0.05) is 30.5 Å². The summed E-state index contributed by atoms with van der Waals surface area (Å²) in [6.07, 6.45) is 4.93. The van der Waals surface area contributed by atoms with Crippen molar-refractivity contribution in [2.75, 3.05) is 13.1 Å². The highest BCUT2D eigenvalue weighted by molar-refractivity contribution is 5.97. The second-order valence-electron chi connectivity index (χ2n) is 6.31. The van der Waals surface area contributed by atoms with Crippen LogP contribution in [0.5, 0.6) is 0 Å². The maximum absolute atomic E-state index is 12.8. The molecule has 1 unspecified atom stereocenters. The molecule has 1 atom stereocenters. The van der Waals surface area contributed by atoms with Crippen molar-refractivity contribution in [3.05, 3.63) is 53.9 Å².